The number of hydrogen-bond donors (Lipinski definition) is 0. The molecular weight excluding hydrogens is 548 g/mol. The monoisotopic (exact) mass is 604 g/mol. The lowest BCUT2D eigenvalue weighted by atomic mass is 9.88. The summed E-state index contributed by atoms with van der Waals surface area (Å²) in [5.41, 5.74) is 1.55. The SMILES string of the molecule is CCOc1ccc(C(=O)[C@@H](CCCC[C@@H](CN2CCCCCC2)C(=O)c2ccc(OCC)cc2)CN2CCCCCC2)cc1. The Morgan fingerprint density at radius 1 is 0.568 bits per heavy atom. The zero-order chi connectivity index (χ0) is 31.0. The van der Waals surface area contributed by atoms with E-state index in [-0.39, 0.29) is 23.4 Å². The molecule has 4 rings (SSSR count). The molecule has 0 aliphatic carbocycles. The maximum absolute atomic E-state index is 13.8. The highest BCUT2D eigenvalue weighted by Crippen LogP contribution is 2.25. The minimum atomic E-state index is -0.0306. The minimum Gasteiger partial charge on any atom is -0.494 e. The molecule has 6 nitrogen and oxygen atoms in total. The molecule has 0 unspecified atom stereocenters. The average molecular weight is 605 g/mol. The van der Waals surface area contributed by atoms with E-state index in [0.717, 1.165) is 87.6 Å². The van der Waals surface area contributed by atoms with Crippen molar-refractivity contribution in [1.82, 2.24) is 9.80 Å². The molecule has 2 aromatic carbocycles. The van der Waals surface area contributed by atoms with Gasteiger partial charge in [-0.2, -0.15) is 0 Å². The first kappa shape index (κ1) is 34.2. The normalized spacial score (nSPS) is 18.1. The van der Waals surface area contributed by atoms with Crippen molar-refractivity contribution < 1.29 is 19.1 Å². The van der Waals surface area contributed by atoms with Crippen LogP contribution in [0.3, 0.4) is 0 Å². The van der Waals surface area contributed by atoms with Crippen molar-refractivity contribution in [2.75, 3.05) is 52.5 Å². The van der Waals surface area contributed by atoms with Gasteiger partial charge in [-0.1, -0.05) is 38.5 Å². The van der Waals surface area contributed by atoms with E-state index in [1.165, 1.54) is 51.4 Å². The van der Waals surface area contributed by atoms with Crippen molar-refractivity contribution in [2.24, 2.45) is 11.8 Å². The second kappa shape index (κ2) is 19.0. The first-order valence-corrected chi connectivity index (χ1v) is 17.6. The van der Waals surface area contributed by atoms with Gasteiger partial charge in [0.15, 0.2) is 11.6 Å². The van der Waals surface area contributed by atoms with E-state index in [0.29, 0.717) is 13.2 Å². The molecule has 2 fully saturated rings. The number of likely N-dealkylation sites (tertiary alicyclic amines) is 2. The molecule has 2 aromatic rings. The molecule has 0 saturated carbocycles. The van der Waals surface area contributed by atoms with E-state index in [1.54, 1.807) is 0 Å². The fourth-order valence-electron chi connectivity index (χ4n) is 6.89. The van der Waals surface area contributed by atoms with Gasteiger partial charge in [0.1, 0.15) is 11.5 Å². The van der Waals surface area contributed by atoms with Crippen LogP contribution < -0.4 is 9.47 Å². The van der Waals surface area contributed by atoms with Gasteiger partial charge in [0.2, 0.25) is 0 Å². The molecule has 2 atom stereocenters. The zero-order valence-corrected chi connectivity index (χ0v) is 27.4. The smallest absolute Gasteiger partial charge is 0.167 e. The minimum absolute atomic E-state index is 0.0306. The molecule has 2 aliphatic rings. The van der Waals surface area contributed by atoms with Gasteiger partial charge in [-0.05, 0) is 127 Å². The highest BCUT2D eigenvalue weighted by molar-refractivity contribution is 5.98. The molecule has 6 heteroatoms. The maximum atomic E-state index is 13.8. The van der Waals surface area contributed by atoms with Gasteiger partial charge >= 0.3 is 0 Å². The van der Waals surface area contributed by atoms with Crippen molar-refractivity contribution in [2.45, 2.75) is 90.9 Å². The Hall–Kier alpha value is -2.70. The van der Waals surface area contributed by atoms with Crippen LogP contribution in [0.25, 0.3) is 0 Å². The molecule has 2 aliphatic heterocycles. The number of rotatable bonds is 17. The fraction of sp³-hybridized carbons (Fsp3) is 0.632. The summed E-state index contributed by atoms with van der Waals surface area (Å²) in [6.45, 7) is 11.2. The molecule has 0 aromatic heterocycles. The molecule has 2 saturated heterocycles. The van der Waals surface area contributed by atoms with Gasteiger partial charge in [0.25, 0.3) is 0 Å². The van der Waals surface area contributed by atoms with Crippen LogP contribution in [-0.4, -0.2) is 73.8 Å². The summed E-state index contributed by atoms with van der Waals surface area (Å²) in [5, 5.41) is 0. The summed E-state index contributed by atoms with van der Waals surface area (Å²) in [6.07, 6.45) is 13.6. The predicted molar refractivity (Wildman–Crippen MR) is 179 cm³/mol. The van der Waals surface area contributed by atoms with Crippen LogP contribution in [0.1, 0.15) is 112 Å². The van der Waals surface area contributed by atoms with E-state index in [1.807, 2.05) is 62.4 Å². The van der Waals surface area contributed by atoms with Gasteiger partial charge in [-0.3, -0.25) is 9.59 Å². The van der Waals surface area contributed by atoms with Gasteiger partial charge in [-0.15, -0.1) is 0 Å². The molecule has 0 spiro atoms. The zero-order valence-electron chi connectivity index (χ0n) is 27.4. The van der Waals surface area contributed by atoms with Gasteiger partial charge in [-0.25, -0.2) is 0 Å². The number of unbranched alkanes of at least 4 members (excludes halogenated alkanes) is 1. The van der Waals surface area contributed by atoms with Crippen LogP contribution in [0.15, 0.2) is 48.5 Å². The molecule has 2 heterocycles. The van der Waals surface area contributed by atoms with Gasteiger partial charge in [0.05, 0.1) is 13.2 Å². The Morgan fingerprint density at radius 2 is 0.909 bits per heavy atom. The Labute approximate surface area is 266 Å². The molecular formula is C38H56N2O4. The summed E-state index contributed by atoms with van der Waals surface area (Å²) in [5.74, 6) is 2.03. The molecule has 242 valence electrons. The van der Waals surface area contributed by atoms with Crippen LogP contribution in [-0.2, 0) is 0 Å². The van der Waals surface area contributed by atoms with E-state index >= 15 is 0 Å². The van der Waals surface area contributed by atoms with Crippen LogP contribution in [0.5, 0.6) is 11.5 Å². The summed E-state index contributed by atoms with van der Waals surface area (Å²) >= 11 is 0. The third-order valence-electron chi connectivity index (χ3n) is 9.35. The van der Waals surface area contributed by atoms with Crippen LogP contribution in [0.2, 0.25) is 0 Å². The largest absolute Gasteiger partial charge is 0.494 e. The van der Waals surface area contributed by atoms with Crippen LogP contribution >= 0.6 is 0 Å². The summed E-state index contributed by atoms with van der Waals surface area (Å²) < 4.78 is 11.2. The Bertz CT molecular complexity index is 1010. The molecule has 0 N–H and O–H groups in total. The second-order valence-corrected chi connectivity index (χ2v) is 12.8. The first-order chi connectivity index (χ1) is 21.6. The molecule has 0 amide bonds. The number of nitrogens with zero attached hydrogens (tertiary/aromatic N) is 2. The topological polar surface area (TPSA) is 59.1 Å². The number of ether oxygens (including phenoxy) is 2. The van der Waals surface area contributed by atoms with Crippen LogP contribution in [0, 0.1) is 11.8 Å². The highest BCUT2D eigenvalue weighted by atomic mass is 16.5. The quantitative estimate of drug-likeness (QED) is 0.134. The highest BCUT2D eigenvalue weighted by Gasteiger charge is 2.26. The standard InChI is InChI=1S/C38H56N2O4/c1-3-43-35-21-17-31(18-22-35)37(41)33(29-39-25-11-5-6-12-26-39)15-9-10-16-34(30-40-27-13-7-8-14-28-40)38(42)32-19-23-36(24-20-32)44-4-2/h17-24,33-34H,3-16,25-30H2,1-2H3/t33-,34-/m0/s1. The Kier molecular flexibility index (Phi) is 14.7. The predicted octanol–water partition coefficient (Wildman–Crippen LogP) is 8.09. The molecule has 0 radical (unpaired) electrons. The van der Waals surface area contributed by atoms with Gasteiger partial charge in [0, 0.05) is 36.1 Å². The van der Waals surface area contributed by atoms with Crippen molar-refractivity contribution in [3.05, 3.63) is 59.7 Å². The molecule has 44 heavy (non-hydrogen) atoms. The number of carbonyl (C=O) groups excluding carboxylic acids is 2. The van der Waals surface area contributed by atoms with Crippen molar-refractivity contribution in [1.29, 1.82) is 0 Å². The number of carbonyl (C=O) groups is 2. The van der Waals surface area contributed by atoms with E-state index in [4.69, 9.17) is 9.47 Å². The Balaban J connectivity index is 1.41. The number of benzene rings is 2. The number of hydrogen-bond acceptors (Lipinski definition) is 6. The summed E-state index contributed by atoms with van der Waals surface area (Å²) in [7, 11) is 0. The lowest BCUT2D eigenvalue weighted by Crippen LogP contribution is -2.35. The van der Waals surface area contributed by atoms with E-state index < -0.39 is 0 Å². The summed E-state index contributed by atoms with van der Waals surface area (Å²) in [6, 6.07) is 15.4. The average Bonchev–Trinajstić information content (AvgIpc) is 3.47. The molecule has 0 bridgehead atoms. The fourth-order valence-corrected chi connectivity index (χ4v) is 6.89. The van der Waals surface area contributed by atoms with Gasteiger partial charge < -0.3 is 19.3 Å². The third-order valence-corrected chi connectivity index (χ3v) is 9.35. The maximum Gasteiger partial charge on any atom is 0.167 e. The first-order valence-electron chi connectivity index (χ1n) is 17.6. The van der Waals surface area contributed by atoms with Crippen molar-refractivity contribution in [3.63, 3.8) is 0 Å². The lowest BCUT2D eigenvalue weighted by Gasteiger charge is -2.27. The van der Waals surface area contributed by atoms with Crippen LogP contribution in [0.4, 0.5) is 0 Å². The summed E-state index contributed by atoms with van der Waals surface area (Å²) in [4.78, 5) is 32.7. The Morgan fingerprint density at radius 3 is 1.23 bits per heavy atom. The van der Waals surface area contributed by atoms with Crippen molar-refractivity contribution >= 4 is 11.6 Å². The second-order valence-electron chi connectivity index (χ2n) is 12.8. The number of ketones is 2. The van der Waals surface area contributed by atoms with Crippen molar-refractivity contribution in [3.8, 4) is 11.5 Å². The lowest BCUT2D eigenvalue weighted by molar-refractivity contribution is 0.0848. The number of Topliss-reactive ketones (excluding diaryl/α,β-unsaturated/α-hetero) is 2. The van der Waals surface area contributed by atoms with E-state index in [9.17, 15) is 9.59 Å². The van der Waals surface area contributed by atoms with E-state index in [2.05, 4.69) is 9.80 Å². The third kappa shape index (κ3) is 11.0.